The van der Waals surface area contributed by atoms with Gasteiger partial charge in [0.1, 0.15) is 5.75 Å². The van der Waals surface area contributed by atoms with Gasteiger partial charge in [-0.2, -0.15) is 0 Å². The van der Waals surface area contributed by atoms with Crippen LogP contribution in [0.4, 0.5) is 0 Å². The summed E-state index contributed by atoms with van der Waals surface area (Å²) in [5.74, 6) is 1.61. The Morgan fingerprint density at radius 3 is 2.84 bits per heavy atom. The standard InChI is InChI=1S/C24H26BrClN4O/c25-24-10-21(26)4-3-20(24)2-1-17-7-18(11-27-12-19-13-28-14-19)9-23(8-17)31-6-5-22-15-29-16-30-22/h1-4,7-10,15-16,19,27-28H,5-6,11-14H2,(H,29,30)/b2-1+. The van der Waals surface area contributed by atoms with Gasteiger partial charge in [0.05, 0.1) is 12.9 Å². The molecule has 7 heteroatoms. The van der Waals surface area contributed by atoms with Crippen LogP contribution in [-0.2, 0) is 13.0 Å². The third-order valence-corrected chi connectivity index (χ3v) is 6.15. The number of hydrogen-bond acceptors (Lipinski definition) is 4. The Balaban J connectivity index is 1.45. The van der Waals surface area contributed by atoms with Crippen LogP contribution in [0.3, 0.4) is 0 Å². The monoisotopic (exact) mass is 500 g/mol. The second-order valence-corrected chi connectivity index (χ2v) is 9.03. The molecule has 3 N–H and O–H groups in total. The van der Waals surface area contributed by atoms with Crippen LogP contribution in [0.15, 0.2) is 53.4 Å². The minimum atomic E-state index is 0.596. The highest BCUT2D eigenvalue weighted by Gasteiger charge is 2.15. The zero-order valence-corrected chi connectivity index (χ0v) is 19.5. The topological polar surface area (TPSA) is 62.0 Å². The highest BCUT2D eigenvalue weighted by atomic mass is 79.9. The number of hydrogen-bond donors (Lipinski definition) is 3. The summed E-state index contributed by atoms with van der Waals surface area (Å²) in [6, 6.07) is 12.2. The van der Waals surface area contributed by atoms with Crippen LogP contribution < -0.4 is 15.4 Å². The molecule has 0 atom stereocenters. The van der Waals surface area contributed by atoms with Gasteiger partial charge in [0.2, 0.25) is 0 Å². The van der Waals surface area contributed by atoms with E-state index in [9.17, 15) is 0 Å². The summed E-state index contributed by atoms with van der Waals surface area (Å²) in [5.41, 5.74) is 4.45. The normalized spacial score (nSPS) is 14.1. The minimum Gasteiger partial charge on any atom is -0.493 e. The molecule has 1 aliphatic heterocycles. The minimum absolute atomic E-state index is 0.596. The molecule has 1 fully saturated rings. The molecule has 0 radical (unpaired) electrons. The molecule has 2 aromatic carbocycles. The van der Waals surface area contributed by atoms with Crippen molar-refractivity contribution < 1.29 is 4.74 Å². The molecule has 1 aromatic heterocycles. The second kappa shape index (κ2) is 11.0. The quantitative estimate of drug-likeness (QED) is 0.345. The number of aromatic nitrogens is 2. The van der Waals surface area contributed by atoms with E-state index in [1.165, 1.54) is 5.56 Å². The lowest BCUT2D eigenvalue weighted by Crippen LogP contribution is -2.47. The third kappa shape index (κ3) is 6.68. The van der Waals surface area contributed by atoms with E-state index >= 15 is 0 Å². The Morgan fingerprint density at radius 2 is 2.10 bits per heavy atom. The number of rotatable bonds is 10. The first-order valence-electron chi connectivity index (χ1n) is 10.4. The molecular weight excluding hydrogens is 476 g/mol. The zero-order chi connectivity index (χ0) is 21.5. The fourth-order valence-electron chi connectivity index (χ4n) is 3.40. The number of nitrogens with zero attached hydrogens (tertiary/aromatic N) is 1. The predicted octanol–water partition coefficient (Wildman–Crippen LogP) is 4.93. The molecule has 0 aliphatic carbocycles. The lowest BCUT2D eigenvalue weighted by atomic mass is 10.0. The molecule has 0 unspecified atom stereocenters. The van der Waals surface area contributed by atoms with Gasteiger partial charge in [0, 0.05) is 54.0 Å². The Kier molecular flexibility index (Phi) is 7.81. The van der Waals surface area contributed by atoms with Gasteiger partial charge in [-0.1, -0.05) is 51.8 Å². The van der Waals surface area contributed by atoms with E-state index in [1.54, 1.807) is 6.33 Å². The number of H-pyrrole nitrogens is 1. The van der Waals surface area contributed by atoms with Gasteiger partial charge in [-0.05, 0) is 46.9 Å². The maximum absolute atomic E-state index is 6.07. The summed E-state index contributed by atoms with van der Waals surface area (Å²) in [4.78, 5) is 7.17. The summed E-state index contributed by atoms with van der Waals surface area (Å²) in [7, 11) is 0. The maximum Gasteiger partial charge on any atom is 0.120 e. The maximum atomic E-state index is 6.07. The highest BCUT2D eigenvalue weighted by molar-refractivity contribution is 9.10. The molecule has 0 bridgehead atoms. The lowest BCUT2D eigenvalue weighted by molar-refractivity contribution is 0.319. The van der Waals surface area contributed by atoms with Crippen molar-refractivity contribution in [2.24, 2.45) is 5.92 Å². The van der Waals surface area contributed by atoms with Gasteiger partial charge in [0.15, 0.2) is 0 Å². The number of halogens is 2. The summed E-state index contributed by atoms with van der Waals surface area (Å²) in [6.07, 6.45) is 8.50. The van der Waals surface area contributed by atoms with Crippen molar-refractivity contribution in [3.8, 4) is 5.75 Å². The van der Waals surface area contributed by atoms with E-state index in [0.29, 0.717) is 11.6 Å². The molecule has 162 valence electrons. The summed E-state index contributed by atoms with van der Waals surface area (Å²) >= 11 is 9.64. The van der Waals surface area contributed by atoms with Gasteiger partial charge in [0.25, 0.3) is 0 Å². The van der Waals surface area contributed by atoms with Crippen molar-refractivity contribution in [2.75, 3.05) is 26.2 Å². The van der Waals surface area contributed by atoms with Gasteiger partial charge in [-0.25, -0.2) is 4.98 Å². The number of imidazole rings is 1. The van der Waals surface area contributed by atoms with Crippen LogP contribution in [0, 0.1) is 5.92 Å². The molecule has 2 heterocycles. The number of nitrogens with one attached hydrogen (secondary N) is 3. The van der Waals surface area contributed by atoms with Crippen molar-refractivity contribution in [3.63, 3.8) is 0 Å². The lowest BCUT2D eigenvalue weighted by Gasteiger charge is -2.27. The number of benzene rings is 2. The van der Waals surface area contributed by atoms with Gasteiger partial charge in [-0.3, -0.25) is 0 Å². The van der Waals surface area contributed by atoms with E-state index in [2.05, 4.69) is 66.9 Å². The van der Waals surface area contributed by atoms with Gasteiger partial charge in [-0.15, -0.1) is 0 Å². The zero-order valence-electron chi connectivity index (χ0n) is 17.2. The fraction of sp³-hybridized carbons (Fsp3) is 0.292. The van der Waals surface area contributed by atoms with Crippen LogP contribution in [0.25, 0.3) is 12.2 Å². The van der Waals surface area contributed by atoms with E-state index in [1.807, 2.05) is 24.4 Å². The van der Waals surface area contributed by atoms with Crippen molar-refractivity contribution in [1.29, 1.82) is 0 Å². The second-order valence-electron chi connectivity index (χ2n) is 7.74. The predicted molar refractivity (Wildman–Crippen MR) is 130 cm³/mol. The molecule has 1 aliphatic rings. The number of ether oxygens (including phenoxy) is 1. The van der Waals surface area contributed by atoms with Crippen LogP contribution in [0.5, 0.6) is 5.75 Å². The van der Waals surface area contributed by atoms with Crippen LogP contribution in [-0.4, -0.2) is 36.2 Å². The van der Waals surface area contributed by atoms with Gasteiger partial charge >= 0.3 is 0 Å². The first-order valence-corrected chi connectivity index (χ1v) is 11.6. The molecule has 0 amide bonds. The van der Waals surface area contributed by atoms with E-state index in [4.69, 9.17) is 16.3 Å². The van der Waals surface area contributed by atoms with E-state index < -0.39 is 0 Å². The molecule has 4 rings (SSSR count). The first kappa shape index (κ1) is 22.1. The Hall–Kier alpha value is -2.12. The summed E-state index contributed by atoms with van der Waals surface area (Å²) in [5, 5.41) is 7.60. The number of aromatic amines is 1. The summed E-state index contributed by atoms with van der Waals surface area (Å²) < 4.78 is 7.04. The van der Waals surface area contributed by atoms with Crippen molar-refractivity contribution in [1.82, 2.24) is 20.6 Å². The molecular formula is C24H26BrClN4O. The Morgan fingerprint density at radius 1 is 1.19 bits per heavy atom. The van der Waals surface area contributed by atoms with Crippen molar-refractivity contribution in [3.05, 3.63) is 80.8 Å². The van der Waals surface area contributed by atoms with E-state index in [0.717, 1.165) is 65.6 Å². The Labute approximate surface area is 196 Å². The van der Waals surface area contributed by atoms with Crippen LogP contribution in [0.2, 0.25) is 5.02 Å². The first-order chi connectivity index (χ1) is 15.2. The summed E-state index contributed by atoms with van der Waals surface area (Å²) in [6.45, 7) is 4.65. The molecule has 0 saturated carbocycles. The highest BCUT2D eigenvalue weighted by Crippen LogP contribution is 2.25. The van der Waals surface area contributed by atoms with E-state index in [-0.39, 0.29) is 0 Å². The SMILES string of the molecule is Clc1ccc(/C=C/c2cc(CNCC3CNC3)cc(OCCc3cnc[nH]3)c2)c(Br)c1. The van der Waals surface area contributed by atoms with Crippen LogP contribution in [0.1, 0.15) is 22.4 Å². The molecule has 3 aromatic rings. The van der Waals surface area contributed by atoms with Crippen molar-refractivity contribution >= 4 is 39.7 Å². The fourth-order valence-corrected chi connectivity index (χ4v) is 4.22. The molecule has 0 spiro atoms. The van der Waals surface area contributed by atoms with Crippen molar-refractivity contribution in [2.45, 2.75) is 13.0 Å². The Bertz CT molecular complexity index is 1020. The average molecular weight is 502 g/mol. The molecule has 31 heavy (non-hydrogen) atoms. The smallest absolute Gasteiger partial charge is 0.120 e. The molecule has 1 saturated heterocycles. The van der Waals surface area contributed by atoms with Gasteiger partial charge < -0.3 is 20.4 Å². The van der Waals surface area contributed by atoms with Crippen LogP contribution >= 0.6 is 27.5 Å². The molecule has 5 nitrogen and oxygen atoms in total. The largest absolute Gasteiger partial charge is 0.493 e. The third-order valence-electron chi connectivity index (χ3n) is 5.23. The average Bonchev–Trinajstić information content (AvgIpc) is 3.23.